The lowest BCUT2D eigenvalue weighted by atomic mass is 9.74. The molecule has 0 aromatic heterocycles. The van der Waals surface area contributed by atoms with Crippen LogP contribution in [0.1, 0.15) is 68.8 Å². The fraction of sp³-hybridized carbons (Fsp3) is 0.429. The summed E-state index contributed by atoms with van der Waals surface area (Å²) in [7, 11) is -2.05. The first-order valence-electron chi connectivity index (χ1n) is 15.0. The van der Waals surface area contributed by atoms with Gasteiger partial charge >= 0.3 is 6.18 Å². The zero-order valence-corrected chi connectivity index (χ0v) is 27.4. The minimum Gasteiger partial charge on any atom is -0.414 e. The van der Waals surface area contributed by atoms with Crippen LogP contribution in [0.2, 0.25) is 18.1 Å². The molecule has 1 aliphatic carbocycles. The molecule has 0 radical (unpaired) electrons. The van der Waals surface area contributed by atoms with Gasteiger partial charge < -0.3 is 14.2 Å². The lowest BCUT2D eigenvalue weighted by Crippen LogP contribution is -2.63. The van der Waals surface area contributed by atoms with Crippen LogP contribution in [0, 0.1) is 0 Å². The van der Waals surface area contributed by atoms with Gasteiger partial charge in [-0.05, 0) is 66.7 Å². The summed E-state index contributed by atoms with van der Waals surface area (Å²) in [5.74, 6) is -0.276. The Labute approximate surface area is 260 Å². The van der Waals surface area contributed by atoms with E-state index in [1.165, 1.54) is 17.0 Å². The van der Waals surface area contributed by atoms with Crippen molar-refractivity contribution in [2.45, 2.75) is 89.1 Å². The second-order valence-electron chi connectivity index (χ2n) is 13.6. The molecule has 1 fully saturated rings. The number of amides is 2. The highest BCUT2D eigenvalue weighted by molar-refractivity contribution is 6.74. The lowest BCUT2D eigenvalue weighted by Gasteiger charge is -2.55. The molecule has 0 spiro atoms. The van der Waals surface area contributed by atoms with E-state index in [0.29, 0.717) is 24.8 Å². The van der Waals surface area contributed by atoms with Gasteiger partial charge in [0, 0.05) is 18.2 Å². The molecule has 9 heteroatoms. The molecule has 0 N–H and O–H groups in total. The Bertz CT molecular complexity index is 1360. The van der Waals surface area contributed by atoms with E-state index in [1.54, 1.807) is 4.90 Å². The van der Waals surface area contributed by atoms with E-state index in [9.17, 15) is 22.8 Å². The average Bonchev–Trinajstić information content (AvgIpc) is 2.94. The molecule has 2 amide bonds. The molecule has 236 valence electrons. The Morgan fingerprint density at radius 2 is 1.43 bits per heavy atom. The van der Waals surface area contributed by atoms with Gasteiger partial charge in [0.15, 0.2) is 8.32 Å². The standard InChI is InChI=1S/C35H43F3N2O3Si/c1-33(2,3)44(5,6)43-30-21-34(4,22-30)40(23-26-17-19-29(20-18-26)35(36,37)38)31(42)24-39(25-41)32(27-13-9-7-10-14-27)28-15-11-8-12-16-28/h7-20,25,30,32H,21-24H2,1-6H3. The van der Waals surface area contributed by atoms with Gasteiger partial charge in [-0.1, -0.05) is 93.6 Å². The smallest absolute Gasteiger partial charge is 0.414 e. The summed E-state index contributed by atoms with van der Waals surface area (Å²) in [5.41, 5.74) is 0.992. The van der Waals surface area contributed by atoms with E-state index >= 15 is 0 Å². The molecule has 1 saturated carbocycles. The first kappa shape index (κ1) is 33.5. The number of alkyl halides is 3. The molecule has 0 aliphatic heterocycles. The summed E-state index contributed by atoms with van der Waals surface area (Å²) in [4.78, 5) is 30.0. The fourth-order valence-corrected chi connectivity index (χ4v) is 7.01. The minimum absolute atomic E-state index is 0.0210. The van der Waals surface area contributed by atoms with Crippen molar-refractivity contribution in [2.24, 2.45) is 0 Å². The number of halogens is 3. The van der Waals surface area contributed by atoms with Crippen molar-refractivity contribution in [1.29, 1.82) is 0 Å². The SMILES string of the molecule is CC1(N(Cc2ccc(C(F)(F)F)cc2)C(=O)CN(C=O)C(c2ccccc2)c2ccccc2)CC(O[Si](C)(C)C(C)(C)C)C1. The third kappa shape index (κ3) is 7.61. The van der Waals surface area contributed by atoms with Gasteiger partial charge in [0.2, 0.25) is 12.3 Å². The van der Waals surface area contributed by atoms with Crippen LogP contribution in [0.4, 0.5) is 13.2 Å². The normalized spacial score (nSPS) is 18.9. The molecular weight excluding hydrogens is 581 g/mol. The Kier molecular flexibility index (Phi) is 9.80. The number of rotatable bonds is 11. The predicted molar refractivity (Wildman–Crippen MR) is 169 cm³/mol. The van der Waals surface area contributed by atoms with E-state index < -0.39 is 31.6 Å². The maximum atomic E-state index is 14.2. The highest BCUT2D eigenvalue weighted by atomic mass is 28.4. The third-order valence-corrected chi connectivity index (χ3v) is 13.7. The van der Waals surface area contributed by atoms with Gasteiger partial charge in [-0.3, -0.25) is 9.59 Å². The quantitative estimate of drug-likeness (QED) is 0.160. The van der Waals surface area contributed by atoms with Gasteiger partial charge in [0.05, 0.1) is 11.6 Å². The highest BCUT2D eigenvalue weighted by Crippen LogP contribution is 2.46. The van der Waals surface area contributed by atoms with E-state index in [4.69, 9.17) is 4.43 Å². The molecule has 3 aromatic carbocycles. The maximum Gasteiger partial charge on any atom is 0.416 e. The first-order chi connectivity index (χ1) is 20.5. The number of carbonyl (C=O) groups is 2. The molecule has 44 heavy (non-hydrogen) atoms. The zero-order valence-electron chi connectivity index (χ0n) is 26.4. The Morgan fingerprint density at radius 1 is 0.932 bits per heavy atom. The van der Waals surface area contributed by atoms with E-state index in [1.807, 2.05) is 67.6 Å². The Hall–Kier alpha value is -3.43. The van der Waals surface area contributed by atoms with Crippen LogP contribution < -0.4 is 0 Å². The van der Waals surface area contributed by atoms with Crippen molar-refractivity contribution in [3.63, 3.8) is 0 Å². The minimum atomic E-state index is -4.45. The second kappa shape index (κ2) is 12.9. The van der Waals surface area contributed by atoms with Gasteiger partial charge in [-0.25, -0.2) is 0 Å². The summed E-state index contributed by atoms with van der Waals surface area (Å²) >= 11 is 0. The van der Waals surface area contributed by atoms with Crippen LogP contribution in [0.25, 0.3) is 0 Å². The molecule has 3 aromatic rings. The second-order valence-corrected chi connectivity index (χ2v) is 18.3. The molecule has 0 unspecified atom stereocenters. The van der Waals surface area contributed by atoms with Crippen LogP contribution in [-0.4, -0.2) is 48.6 Å². The van der Waals surface area contributed by atoms with E-state index in [0.717, 1.165) is 23.3 Å². The van der Waals surface area contributed by atoms with Crippen molar-refractivity contribution in [1.82, 2.24) is 9.80 Å². The topological polar surface area (TPSA) is 49.9 Å². The average molecular weight is 625 g/mol. The Balaban J connectivity index is 1.62. The molecule has 0 bridgehead atoms. The predicted octanol–water partition coefficient (Wildman–Crippen LogP) is 8.22. The molecule has 0 saturated heterocycles. The summed E-state index contributed by atoms with van der Waals surface area (Å²) in [6, 6.07) is 23.5. The van der Waals surface area contributed by atoms with Gasteiger partial charge in [0.1, 0.15) is 6.54 Å². The van der Waals surface area contributed by atoms with Gasteiger partial charge in [0.25, 0.3) is 0 Å². The zero-order chi connectivity index (χ0) is 32.3. The third-order valence-electron chi connectivity index (χ3n) is 9.19. The van der Waals surface area contributed by atoms with Crippen LogP contribution >= 0.6 is 0 Å². The lowest BCUT2D eigenvalue weighted by molar-refractivity contribution is -0.150. The number of hydrogen-bond acceptors (Lipinski definition) is 3. The maximum absolute atomic E-state index is 14.2. The van der Waals surface area contributed by atoms with Crippen LogP contribution in [0.15, 0.2) is 84.9 Å². The van der Waals surface area contributed by atoms with Crippen molar-refractivity contribution < 1.29 is 27.2 Å². The van der Waals surface area contributed by atoms with Crippen molar-refractivity contribution in [2.75, 3.05) is 6.54 Å². The molecule has 1 aliphatic rings. The highest BCUT2D eigenvalue weighted by Gasteiger charge is 2.51. The van der Waals surface area contributed by atoms with Crippen molar-refractivity contribution in [3.05, 3.63) is 107 Å². The largest absolute Gasteiger partial charge is 0.416 e. The summed E-state index contributed by atoms with van der Waals surface area (Å²) in [5, 5.41) is 0.0308. The molecule has 0 atom stereocenters. The van der Waals surface area contributed by atoms with Gasteiger partial charge in [-0.15, -0.1) is 0 Å². The van der Waals surface area contributed by atoms with Gasteiger partial charge in [-0.2, -0.15) is 13.2 Å². The number of carbonyl (C=O) groups excluding carboxylic acids is 2. The van der Waals surface area contributed by atoms with Crippen molar-refractivity contribution >= 4 is 20.6 Å². The summed E-state index contributed by atoms with van der Waals surface area (Å²) in [6.45, 7) is 12.9. The van der Waals surface area contributed by atoms with Crippen LogP contribution in [-0.2, 0) is 26.7 Å². The Morgan fingerprint density at radius 3 is 1.86 bits per heavy atom. The summed E-state index contributed by atoms with van der Waals surface area (Å²) in [6.07, 6.45) is -2.56. The fourth-order valence-electron chi connectivity index (χ4n) is 5.66. The number of nitrogens with zero attached hydrogens (tertiary/aromatic N) is 2. The molecular formula is C35H43F3N2O3Si. The molecule has 0 heterocycles. The number of benzene rings is 3. The molecule has 4 rings (SSSR count). The first-order valence-corrected chi connectivity index (χ1v) is 17.9. The van der Waals surface area contributed by atoms with Crippen LogP contribution in [0.5, 0.6) is 0 Å². The van der Waals surface area contributed by atoms with E-state index in [2.05, 4.69) is 33.9 Å². The summed E-state index contributed by atoms with van der Waals surface area (Å²) < 4.78 is 46.4. The van der Waals surface area contributed by atoms with Crippen LogP contribution in [0.3, 0.4) is 0 Å². The number of hydrogen-bond donors (Lipinski definition) is 0. The van der Waals surface area contributed by atoms with E-state index in [-0.39, 0.29) is 30.1 Å². The van der Waals surface area contributed by atoms with Crippen molar-refractivity contribution in [3.8, 4) is 0 Å². The molecule has 5 nitrogen and oxygen atoms in total. The monoisotopic (exact) mass is 624 g/mol.